The van der Waals surface area contributed by atoms with Gasteiger partial charge in [-0.3, -0.25) is 4.79 Å². The highest BCUT2D eigenvalue weighted by Crippen LogP contribution is 2.28. The number of carboxylic acids is 2. The number of nitrogens with zero attached hydrogens (tertiary/aromatic N) is 4. The molecule has 1 aliphatic rings. The molecule has 0 radical (unpaired) electrons. The molecule has 4 heterocycles. The number of anilines is 1. The van der Waals surface area contributed by atoms with E-state index in [1.165, 1.54) is 16.9 Å². The van der Waals surface area contributed by atoms with Crippen LogP contribution in [0.1, 0.15) is 58.0 Å². The predicted molar refractivity (Wildman–Crippen MR) is 127 cm³/mol. The Morgan fingerprint density at radius 1 is 1.22 bits per heavy atom. The number of pyridine rings is 1. The van der Waals surface area contributed by atoms with Gasteiger partial charge in [-0.05, 0) is 44.2 Å². The maximum Gasteiger partial charge on any atom is 0.490 e. The minimum Gasteiger partial charge on any atom is -0.481 e. The molecule has 1 atom stereocenters. The number of fused-ring (bicyclic) bond motifs is 1. The maximum atomic E-state index is 11.3. The number of alkyl halides is 3. The first-order valence-corrected chi connectivity index (χ1v) is 12.3. The second-order valence-corrected chi connectivity index (χ2v) is 9.65. The number of nitrogens with one attached hydrogen (secondary N) is 1. The zero-order valence-corrected chi connectivity index (χ0v) is 20.7. The van der Waals surface area contributed by atoms with E-state index in [2.05, 4.69) is 32.6 Å². The van der Waals surface area contributed by atoms with Gasteiger partial charge in [-0.1, -0.05) is 11.2 Å². The zero-order chi connectivity index (χ0) is 27.0. The number of aliphatic carboxylic acids is 2. The van der Waals surface area contributed by atoms with Gasteiger partial charge in [-0.15, -0.1) is 11.3 Å². The van der Waals surface area contributed by atoms with Gasteiger partial charge in [0.1, 0.15) is 5.82 Å². The predicted octanol–water partition coefficient (Wildman–Crippen LogP) is 4.20. The van der Waals surface area contributed by atoms with Crippen molar-refractivity contribution in [2.45, 2.75) is 64.0 Å². The second kappa shape index (κ2) is 12.6. The van der Waals surface area contributed by atoms with Gasteiger partial charge in [0.05, 0.1) is 11.4 Å². The topological polar surface area (TPSA) is 151 Å². The highest BCUT2D eigenvalue weighted by atomic mass is 32.1. The van der Waals surface area contributed by atoms with Crippen molar-refractivity contribution >= 4 is 29.1 Å². The summed E-state index contributed by atoms with van der Waals surface area (Å²) in [5.41, 5.74) is 2.36. The number of halogens is 3. The summed E-state index contributed by atoms with van der Waals surface area (Å²) in [6, 6.07) is 4.26. The van der Waals surface area contributed by atoms with Crippen molar-refractivity contribution in [3.63, 3.8) is 0 Å². The van der Waals surface area contributed by atoms with Crippen LogP contribution in [0.3, 0.4) is 0 Å². The standard InChI is InChI=1S/C21H25N5O3S.C2HF3O2/c1-13-23-12-17(30-13)15(11-20(27)28)10-19-25-18(26-29-19)6-2-5-16-8-7-14-4-3-9-22-21(14)24-16;3-2(4,5)1(6)7/h7-8,12,15H,2-6,9-11H2,1H3,(H,22,24)(H,27,28);(H,6,7). The van der Waals surface area contributed by atoms with Crippen LogP contribution in [0.4, 0.5) is 19.0 Å². The molecule has 0 aliphatic carbocycles. The lowest BCUT2D eigenvalue weighted by Gasteiger charge is -2.17. The number of aromatic nitrogens is 4. The van der Waals surface area contributed by atoms with Crippen LogP contribution >= 0.6 is 11.3 Å². The molecule has 4 rings (SSSR count). The van der Waals surface area contributed by atoms with Crippen LogP contribution in [0.15, 0.2) is 22.9 Å². The quantitative estimate of drug-likeness (QED) is 0.359. The fourth-order valence-electron chi connectivity index (χ4n) is 3.67. The van der Waals surface area contributed by atoms with Gasteiger partial charge in [-0.25, -0.2) is 14.8 Å². The summed E-state index contributed by atoms with van der Waals surface area (Å²) < 4.78 is 37.1. The molecule has 0 bridgehead atoms. The number of carbonyl (C=O) groups is 2. The molecule has 1 aliphatic heterocycles. The lowest BCUT2D eigenvalue weighted by molar-refractivity contribution is -0.192. The Morgan fingerprint density at radius 2 is 1.97 bits per heavy atom. The van der Waals surface area contributed by atoms with Crippen molar-refractivity contribution in [1.29, 1.82) is 0 Å². The minimum atomic E-state index is -5.08. The Hall–Kier alpha value is -3.55. The first kappa shape index (κ1) is 28.0. The molecular formula is C23H26F3N5O5S. The molecule has 3 aromatic heterocycles. The van der Waals surface area contributed by atoms with Gasteiger partial charge >= 0.3 is 18.1 Å². The van der Waals surface area contributed by atoms with E-state index in [-0.39, 0.29) is 12.3 Å². The van der Waals surface area contributed by atoms with Gasteiger partial charge in [0, 0.05) is 42.1 Å². The average molecular weight is 542 g/mol. The number of aryl methyl sites for hydroxylation is 4. The van der Waals surface area contributed by atoms with Crippen LogP contribution in [0, 0.1) is 6.92 Å². The third kappa shape index (κ3) is 8.81. The summed E-state index contributed by atoms with van der Waals surface area (Å²) in [5.74, 6) is -1.68. The van der Waals surface area contributed by atoms with Crippen LogP contribution in [0.25, 0.3) is 0 Å². The maximum absolute atomic E-state index is 11.3. The summed E-state index contributed by atoms with van der Waals surface area (Å²) in [7, 11) is 0. The fourth-order valence-corrected chi connectivity index (χ4v) is 4.56. The number of thiazole rings is 1. The SMILES string of the molecule is Cc1ncc(C(CC(=O)O)Cc2nc(CCCc3ccc4c(n3)NCCC4)no2)s1.O=C(O)C(F)(F)F. The van der Waals surface area contributed by atoms with Crippen LogP contribution < -0.4 is 5.32 Å². The van der Waals surface area contributed by atoms with Crippen molar-refractivity contribution in [2.24, 2.45) is 0 Å². The van der Waals surface area contributed by atoms with Crippen LogP contribution in [0.2, 0.25) is 0 Å². The smallest absolute Gasteiger partial charge is 0.481 e. The summed E-state index contributed by atoms with van der Waals surface area (Å²) >= 11 is 1.51. The zero-order valence-electron chi connectivity index (χ0n) is 19.9. The molecule has 14 heteroatoms. The van der Waals surface area contributed by atoms with E-state index < -0.39 is 18.1 Å². The van der Waals surface area contributed by atoms with Crippen molar-refractivity contribution in [1.82, 2.24) is 20.1 Å². The number of carboxylic acid groups (broad SMARTS) is 2. The third-order valence-corrected chi connectivity index (χ3v) is 6.50. The lowest BCUT2D eigenvalue weighted by atomic mass is 10.0. The minimum absolute atomic E-state index is 0.0113. The van der Waals surface area contributed by atoms with Crippen molar-refractivity contribution in [2.75, 3.05) is 11.9 Å². The normalized spacial score (nSPS) is 13.6. The van der Waals surface area contributed by atoms with Crippen molar-refractivity contribution in [3.05, 3.63) is 51.2 Å². The number of hydrogen-bond donors (Lipinski definition) is 3. The Balaban J connectivity index is 0.000000479. The molecule has 1 unspecified atom stereocenters. The van der Waals surface area contributed by atoms with Crippen molar-refractivity contribution in [3.8, 4) is 0 Å². The van der Waals surface area contributed by atoms with Gasteiger partial charge in [0.2, 0.25) is 5.89 Å². The lowest BCUT2D eigenvalue weighted by Crippen LogP contribution is -2.21. The van der Waals surface area contributed by atoms with Crippen LogP contribution in [-0.4, -0.2) is 55.0 Å². The van der Waals surface area contributed by atoms with Gasteiger partial charge in [-0.2, -0.15) is 18.2 Å². The number of hydrogen-bond acceptors (Lipinski definition) is 9. The first-order chi connectivity index (χ1) is 17.5. The molecule has 0 spiro atoms. The molecule has 37 heavy (non-hydrogen) atoms. The van der Waals surface area contributed by atoms with E-state index in [4.69, 9.17) is 19.4 Å². The highest BCUT2D eigenvalue weighted by Gasteiger charge is 2.38. The van der Waals surface area contributed by atoms with Gasteiger partial charge < -0.3 is 20.1 Å². The van der Waals surface area contributed by atoms with Crippen LogP contribution in [-0.2, 0) is 35.3 Å². The summed E-state index contributed by atoms with van der Waals surface area (Å²) in [5, 5.41) is 24.7. The summed E-state index contributed by atoms with van der Waals surface area (Å²) in [6.07, 6.45) is 1.73. The molecule has 0 amide bonds. The van der Waals surface area contributed by atoms with E-state index in [1.807, 2.05) is 6.92 Å². The highest BCUT2D eigenvalue weighted by molar-refractivity contribution is 7.11. The van der Waals surface area contributed by atoms with Crippen molar-refractivity contribution < 1.29 is 37.5 Å². The Kier molecular flexibility index (Phi) is 9.55. The molecule has 3 N–H and O–H groups in total. The number of rotatable bonds is 9. The molecule has 0 saturated heterocycles. The molecule has 0 fully saturated rings. The largest absolute Gasteiger partial charge is 0.490 e. The molecule has 10 nitrogen and oxygen atoms in total. The van der Waals surface area contributed by atoms with Crippen LogP contribution in [0.5, 0.6) is 0 Å². The Morgan fingerprint density at radius 3 is 2.62 bits per heavy atom. The van der Waals surface area contributed by atoms with E-state index >= 15 is 0 Å². The Bertz CT molecular complexity index is 1210. The first-order valence-electron chi connectivity index (χ1n) is 11.5. The molecule has 200 valence electrons. The average Bonchev–Trinajstić information content (AvgIpc) is 3.47. The van der Waals surface area contributed by atoms with E-state index in [1.54, 1.807) is 6.20 Å². The van der Waals surface area contributed by atoms with E-state index in [0.29, 0.717) is 24.6 Å². The summed E-state index contributed by atoms with van der Waals surface area (Å²) in [6.45, 7) is 2.89. The van der Waals surface area contributed by atoms with Gasteiger partial charge in [0.25, 0.3) is 0 Å². The molecule has 0 saturated carbocycles. The molecule has 3 aromatic rings. The molecule has 0 aromatic carbocycles. The molecular weight excluding hydrogens is 515 g/mol. The second-order valence-electron chi connectivity index (χ2n) is 8.38. The summed E-state index contributed by atoms with van der Waals surface area (Å²) in [4.78, 5) is 34.5. The third-order valence-electron chi connectivity index (χ3n) is 5.42. The van der Waals surface area contributed by atoms with E-state index in [9.17, 15) is 23.1 Å². The van der Waals surface area contributed by atoms with Gasteiger partial charge in [0.15, 0.2) is 5.82 Å². The monoisotopic (exact) mass is 541 g/mol. The Labute approximate surface area is 214 Å². The fraction of sp³-hybridized carbons (Fsp3) is 0.478. The van der Waals surface area contributed by atoms with E-state index in [0.717, 1.165) is 53.6 Å².